The third-order valence-electron chi connectivity index (χ3n) is 1.99. The highest BCUT2D eigenvalue weighted by molar-refractivity contribution is 6.36. The van der Waals surface area contributed by atoms with Crippen molar-refractivity contribution in [3.05, 3.63) is 39.9 Å². The van der Waals surface area contributed by atoms with E-state index >= 15 is 0 Å². The van der Waals surface area contributed by atoms with E-state index in [1.807, 2.05) is 25.1 Å². The van der Waals surface area contributed by atoms with Crippen LogP contribution in [0, 0.1) is 6.92 Å². The number of benzene rings is 1. The number of hydrogen-bond donors (Lipinski definition) is 1. The molecule has 0 aliphatic heterocycles. The molecule has 1 aromatic rings. The molecule has 0 atom stereocenters. The van der Waals surface area contributed by atoms with Gasteiger partial charge in [-0.1, -0.05) is 41.4 Å². The van der Waals surface area contributed by atoms with Crippen LogP contribution in [-0.4, -0.2) is 6.61 Å². The molecule has 0 bridgehead atoms. The van der Waals surface area contributed by atoms with Crippen LogP contribution in [0.1, 0.15) is 11.1 Å². The van der Waals surface area contributed by atoms with E-state index in [2.05, 4.69) is 0 Å². The summed E-state index contributed by atoms with van der Waals surface area (Å²) in [7, 11) is 0. The Morgan fingerprint density at radius 3 is 2.87 bits per heavy atom. The van der Waals surface area contributed by atoms with E-state index in [-0.39, 0.29) is 6.61 Å². The molecule has 1 aromatic carbocycles. The fourth-order valence-corrected chi connectivity index (χ4v) is 1.37. The summed E-state index contributed by atoms with van der Waals surface area (Å²) in [6, 6.07) is 5.84. The normalized spacial score (nSPS) is 11.6. The van der Waals surface area contributed by atoms with Crippen LogP contribution >= 0.6 is 23.2 Å². The van der Waals surface area contributed by atoms with Crippen LogP contribution in [0.15, 0.2) is 28.8 Å². The van der Waals surface area contributed by atoms with Gasteiger partial charge in [-0.25, -0.2) is 0 Å². The maximum absolute atomic E-state index is 5.74. The second kappa shape index (κ2) is 6.01. The Kier molecular flexibility index (Phi) is 4.95. The zero-order valence-electron chi connectivity index (χ0n) is 8.47. The van der Waals surface area contributed by atoms with Crippen LogP contribution in [0.3, 0.4) is 0 Å². The average molecular weight is 246 g/mol. The molecule has 2 N–H and O–H groups in total. The number of ether oxygens (including phenoxy) is 1. The van der Waals surface area contributed by atoms with Gasteiger partial charge < -0.3 is 10.5 Å². The fraction of sp³-hybridized carbons (Fsp3) is 0.273. The van der Waals surface area contributed by atoms with Gasteiger partial charge >= 0.3 is 0 Å². The van der Waals surface area contributed by atoms with Crippen molar-refractivity contribution >= 4 is 23.2 Å². The highest BCUT2D eigenvalue weighted by Crippen LogP contribution is 2.23. The first-order chi connectivity index (χ1) is 7.19. The molecule has 0 heterocycles. The smallest absolute Gasteiger partial charge is 0.127 e. The number of aryl methyl sites for hydroxylation is 1. The van der Waals surface area contributed by atoms with Gasteiger partial charge in [0.05, 0.1) is 5.03 Å². The van der Waals surface area contributed by atoms with E-state index in [4.69, 9.17) is 33.7 Å². The molecule has 0 aromatic heterocycles. The van der Waals surface area contributed by atoms with Crippen molar-refractivity contribution in [2.75, 3.05) is 6.61 Å². The number of nitrogens with two attached hydrogens (primary N) is 1. The van der Waals surface area contributed by atoms with Gasteiger partial charge in [-0.05, 0) is 12.5 Å². The molecular formula is C11H13Cl2NO. The van der Waals surface area contributed by atoms with Crippen LogP contribution in [0.2, 0.25) is 0 Å². The fourth-order valence-electron chi connectivity index (χ4n) is 1.25. The quantitative estimate of drug-likeness (QED) is 0.885. The summed E-state index contributed by atoms with van der Waals surface area (Å²) in [5, 5.41) is 0.461. The van der Waals surface area contributed by atoms with Crippen LogP contribution in [0.25, 0.3) is 0 Å². The molecule has 0 aliphatic rings. The van der Waals surface area contributed by atoms with Crippen molar-refractivity contribution in [1.29, 1.82) is 0 Å². The van der Waals surface area contributed by atoms with Crippen LogP contribution in [0.5, 0.6) is 5.75 Å². The van der Waals surface area contributed by atoms with Crippen molar-refractivity contribution in [2.45, 2.75) is 13.5 Å². The summed E-state index contributed by atoms with van der Waals surface area (Å²) >= 11 is 11.2. The maximum atomic E-state index is 5.74. The van der Waals surface area contributed by atoms with Gasteiger partial charge in [0.15, 0.2) is 0 Å². The standard InChI is InChI=1S/C11H13Cl2NO/c1-8-3-2-4-9(6-14)11(8)15-7-10(13)5-12/h2-5H,6-7,14H2,1H3/b10-5-. The summed E-state index contributed by atoms with van der Waals surface area (Å²) in [4.78, 5) is 0. The molecule has 0 saturated heterocycles. The van der Waals surface area contributed by atoms with E-state index in [9.17, 15) is 0 Å². The van der Waals surface area contributed by atoms with Crippen LogP contribution in [-0.2, 0) is 6.54 Å². The number of hydrogen-bond acceptors (Lipinski definition) is 2. The Hall–Kier alpha value is -0.700. The molecule has 0 spiro atoms. The van der Waals surface area contributed by atoms with E-state index in [1.54, 1.807) is 0 Å². The molecule has 0 aliphatic carbocycles. The summed E-state index contributed by atoms with van der Waals surface area (Å²) in [5.74, 6) is 0.789. The Labute approximate surface area is 99.6 Å². The average Bonchev–Trinajstić information content (AvgIpc) is 2.26. The molecule has 0 saturated carbocycles. The molecule has 82 valence electrons. The largest absolute Gasteiger partial charge is 0.487 e. The molecule has 0 radical (unpaired) electrons. The van der Waals surface area contributed by atoms with Crippen molar-refractivity contribution < 1.29 is 4.74 Å². The summed E-state index contributed by atoms with van der Waals surface area (Å²) in [6.45, 7) is 2.68. The Morgan fingerprint density at radius 1 is 1.53 bits per heavy atom. The Bertz CT molecular complexity index is 364. The zero-order valence-corrected chi connectivity index (χ0v) is 9.98. The third kappa shape index (κ3) is 3.42. The monoisotopic (exact) mass is 245 g/mol. The minimum atomic E-state index is 0.267. The van der Waals surface area contributed by atoms with Gasteiger partial charge in [0, 0.05) is 17.6 Å². The molecule has 1 rings (SSSR count). The first-order valence-electron chi connectivity index (χ1n) is 4.55. The Balaban J connectivity index is 2.83. The first-order valence-corrected chi connectivity index (χ1v) is 5.36. The first kappa shape index (κ1) is 12.4. The highest BCUT2D eigenvalue weighted by Gasteiger charge is 2.05. The van der Waals surface area contributed by atoms with Crippen molar-refractivity contribution in [3.63, 3.8) is 0 Å². The van der Waals surface area contributed by atoms with Gasteiger partial charge in [-0.15, -0.1) is 0 Å². The molecular weight excluding hydrogens is 233 g/mol. The van der Waals surface area contributed by atoms with Crippen molar-refractivity contribution in [1.82, 2.24) is 0 Å². The van der Waals surface area contributed by atoms with E-state index in [0.29, 0.717) is 11.6 Å². The minimum absolute atomic E-state index is 0.267. The lowest BCUT2D eigenvalue weighted by atomic mass is 10.1. The molecule has 4 heteroatoms. The van der Waals surface area contributed by atoms with E-state index in [0.717, 1.165) is 16.9 Å². The van der Waals surface area contributed by atoms with E-state index < -0.39 is 0 Å². The molecule has 15 heavy (non-hydrogen) atoms. The lowest BCUT2D eigenvalue weighted by Crippen LogP contribution is -2.05. The van der Waals surface area contributed by atoms with Gasteiger partial charge in [-0.2, -0.15) is 0 Å². The van der Waals surface area contributed by atoms with Gasteiger partial charge in [0.25, 0.3) is 0 Å². The second-order valence-corrected chi connectivity index (χ2v) is 3.82. The zero-order chi connectivity index (χ0) is 11.3. The van der Waals surface area contributed by atoms with Gasteiger partial charge in [-0.3, -0.25) is 0 Å². The summed E-state index contributed by atoms with van der Waals surface area (Å²) in [5.41, 5.74) is 8.90. The number of rotatable bonds is 4. The molecule has 0 fully saturated rings. The second-order valence-electron chi connectivity index (χ2n) is 3.11. The van der Waals surface area contributed by atoms with Crippen molar-refractivity contribution in [3.8, 4) is 5.75 Å². The number of halogens is 2. The van der Waals surface area contributed by atoms with Gasteiger partial charge in [0.1, 0.15) is 12.4 Å². The van der Waals surface area contributed by atoms with E-state index in [1.165, 1.54) is 5.54 Å². The highest BCUT2D eigenvalue weighted by atomic mass is 35.5. The molecule has 0 unspecified atom stereocenters. The lowest BCUT2D eigenvalue weighted by molar-refractivity contribution is 0.353. The predicted molar refractivity (Wildman–Crippen MR) is 64.4 cm³/mol. The van der Waals surface area contributed by atoms with Gasteiger partial charge in [0.2, 0.25) is 0 Å². The Morgan fingerprint density at radius 2 is 2.27 bits per heavy atom. The molecule has 2 nitrogen and oxygen atoms in total. The van der Waals surface area contributed by atoms with Crippen molar-refractivity contribution in [2.24, 2.45) is 5.73 Å². The summed E-state index contributed by atoms with van der Waals surface area (Å²) < 4.78 is 5.55. The topological polar surface area (TPSA) is 35.2 Å². The summed E-state index contributed by atoms with van der Waals surface area (Å²) in [6.07, 6.45) is 0. The SMILES string of the molecule is Cc1cccc(CN)c1OC/C(Cl)=C/Cl. The van der Waals surface area contributed by atoms with Crippen LogP contribution < -0.4 is 10.5 Å². The minimum Gasteiger partial charge on any atom is -0.487 e. The maximum Gasteiger partial charge on any atom is 0.127 e. The van der Waals surface area contributed by atoms with Crippen LogP contribution in [0.4, 0.5) is 0 Å². The third-order valence-corrected chi connectivity index (χ3v) is 2.58. The molecule has 0 amide bonds. The number of para-hydroxylation sites is 1. The predicted octanol–water partition coefficient (Wildman–Crippen LogP) is 3.15. The lowest BCUT2D eigenvalue weighted by Gasteiger charge is -2.12.